The number of anilines is 2. The smallest absolute Gasteiger partial charge is 0.261 e. The van der Waals surface area contributed by atoms with Crippen LogP contribution in [0.4, 0.5) is 20.2 Å². The lowest BCUT2D eigenvalue weighted by Gasteiger charge is -2.11. The molecule has 3 rings (SSSR count). The topological polar surface area (TPSA) is 99.1 Å². The summed E-state index contributed by atoms with van der Waals surface area (Å²) in [5.74, 6) is -2.02. The number of nitriles is 1. The van der Waals surface area contributed by atoms with E-state index in [1.165, 1.54) is 30.3 Å². The third-order valence-electron chi connectivity index (χ3n) is 3.93. The molecule has 0 aliphatic rings. The van der Waals surface area contributed by atoms with Crippen molar-refractivity contribution in [3.63, 3.8) is 0 Å². The van der Waals surface area contributed by atoms with Crippen molar-refractivity contribution in [3.8, 4) is 6.07 Å². The van der Waals surface area contributed by atoms with E-state index in [0.29, 0.717) is 0 Å². The zero-order valence-electron chi connectivity index (χ0n) is 15.0. The summed E-state index contributed by atoms with van der Waals surface area (Å²) in [4.78, 5) is 12.3. The van der Waals surface area contributed by atoms with Crippen LogP contribution in [-0.2, 0) is 10.0 Å². The van der Waals surface area contributed by atoms with E-state index < -0.39 is 27.6 Å². The second kappa shape index (κ2) is 8.49. The van der Waals surface area contributed by atoms with Crippen molar-refractivity contribution in [1.29, 1.82) is 5.26 Å². The van der Waals surface area contributed by atoms with Gasteiger partial charge in [0.2, 0.25) is 0 Å². The minimum absolute atomic E-state index is 0.0177. The van der Waals surface area contributed by atoms with E-state index in [1.54, 1.807) is 6.07 Å². The molecule has 0 spiro atoms. The van der Waals surface area contributed by atoms with Crippen molar-refractivity contribution in [2.45, 2.75) is 4.90 Å². The largest absolute Gasteiger partial charge is 0.322 e. The van der Waals surface area contributed by atoms with Crippen LogP contribution in [0.2, 0.25) is 5.02 Å². The summed E-state index contributed by atoms with van der Waals surface area (Å²) in [6.45, 7) is 0. The van der Waals surface area contributed by atoms with E-state index >= 15 is 0 Å². The van der Waals surface area contributed by atoms with E-state index in [1.807, 2.05) is 0 Å². The molecule has 10 heteroatoms. The quantitative estimate of drug-likeness (QED) is 0.599. The molecule has 0 saturated heterocycles. The molecule has 0 aromatic heterocycles. The number of rotatable bonds is 5. The highest BCUT2D eigenvalue weighted by molar-refractivity contribution is 7.92. The van der Waals surface area contributed by atoms with Crippen LogP contribution in [0.1, 0.15) is 15.9 Å². The van der Waals surface area contributed by atoms with Gasteiger partial charge in [-0.2, -0.15) is 5.26 Å². The molecule has 0 bridgehead atoms. The number of benzene rings is 3. The van der Waals surface area contributed by atoms with Gasteiger partial charge in [-0.15, -0.1) is 0 Å². The molecule has 0 aliphatic heterocycles. The van der Waals surface area contributed by atoms with Gasteiger partial charge in [0.05, 0.1) is 21.0 Å². The second-order valence-corrected chi connectivity index (χ2v) is 8.10. The third kappa shape index (κ3) is 4.74. The molecule has 0 unspecified atom stereocenters. The van der Waals surface area contributed by atoms with Crippen molar-refractivity contribution in [1.82, 2.24) is 0 Å². The number of sulfonamides is 1. The zero-order chi connectivity index (χ0) is 21.9. The fourth-order valence-corrected chi connectivity index (χ4v) is 3.75. The van der Waals surface area contributed by atoms with Crippen LogP contribution in [0.25, 0.3) is 0 Å². The lowest BCUT2D eigenvalue weighted by atomic mass is 10.1. The summed E-state index contributed by atoms with van der Waals surface area (Å²) in [6.07, 6.45) is 0. The van der Waals surface area contributed by atoms with E-state index in [0.717, 1.165) is 30.3 Å². The maximum Gasteiger partial charge on any atom is 0.261 e. The molecule has 0 heterocycles. The van der Waals surface area contributed by atoms with Crippen molar-refractivity contribution in [3.05, 3.63) is 88.4 Å². The molecule has 0 radical (unpaired) electrons. The van der Waals surface area contributed by atoms with Gasteiger partial charge in [0.15, 0.2) is 0 Å². The monoisotopic (exact) mass is 447 g/mol. The molecular formula is C20H12ClF2N3O3S. The van der Waals surface area contributed by atoms with E-state index in [9.17, 15) is 22.0 Å². The van der Waals surface area contributed by atoms with Crippen molar-refractivity contribution in [2.75, 3.05) is 10.0 Å². The van der Waals surface area contributed by atoms with Gasteiger partial charge >= 0.3 is 0 Å². The summed E-state index contributed by atoms with van der Waals surface area (Å²) in [5, 5.41) is 11.3. The van der Waals surface area contributed by atoms with Gasteiger partial charge in [-0.25, -0.2) is 17.2 Å². The molecule has 0 fully saturated rings. The average molecular weight is 448 g/mol. The molecule has 0 atom stereocenters. The first-order valence-corrected chi connectivity index (χ1v) is 10.1. The number of nitrogens with one attached hydrogen (secondary N) is 2. The second-order valence-electron chi connectivity index (χ2n) is 6.01. The normalized spacial score (nSPS) is 10.9. The van der Waals surface area contributed by atoms with Gasteiger partial charge in [-0.3, -0.25) is 9.52 Å². The number of nitrogens with zero attached hydrogens (tertiary/aromatic N) is 1. The fraction of sp³-hybridized carbons (Fsp3) is 0. The molecular weight excluding hydrogens is 436 g/mol. The van der Waals surface area contributed by atoms with Gasteiger partial charge in [0, 0.05) is 11.4 Å². The fourth-order valence-electron chi connectivity index (χ4n) is 2.46. The summed E-state index contributed by atoms with van der Waals surface area (Å²) in [6, 6.07) is 13.2. The van der Waals surface area contributed by atoms with Crippen LogP contribution in [0.3, 0.4) is 0 Å². The first-order chi connectivity index (χ1) is 14.2. The van der Waals surface area contributed by atoms with Crippen LogP contribution in [0.5, 0.6) is 0 Å². The summed E-state index contributed by atoms with van der Waals surface area (Å²) < 4.78 is 53.9. The minimum atomic E-state index is -4.09. The van der Waals surface area contributed by atoms with Crippen LogP contribution >= 0.6 is 11.6 Å². The van der Waals surface area contributed by atoms with Gasteiger partial charge in [-0.05, 0) is 60.7 Å². The highest BCUT2D eigenvalue weighted by atomic mass is 35.5. The maximum absolute atomic E-state index is 13.4. The Balaban J connectivity index is 1.88. The molecule has 0 saturated carbocycles. The molecule has 2 N–H and O–H groups in total. The number of carbonyl (C=O) groups is 1. The maximum atomic E-state index is 13.4. The molecule has 3 aromatic rings. The third-order valence-corrected chi connectivity index (χ3v) is 5.64. The van der Waals surface area contributed by atoms with Gasteiger partial charge < -0.3 is 5.32 Å². The van der Waals surface area contributed by atoms with E-state index in [4.69, 9.17) is 16.9 Å². The Kier molecular flexibility index (Phi) is 6.01. The Bertz CT molecular complexity index is 1270. The minimum Gasteiger partial charge on any atom is -0.322 e. The summed E-state index contributed by atoms with van der Waals surface area (Å²) in [7, 11) is -4.09. The molecule has 0 aliphatic carbocycles. The Morgan fingerprint density at radius 1 is 0.967 bits per heavy atom. The Labute approximate surface area is 175 Å². The molecule has 152 valence electrons. The Morgan fingerprint density at radius 2 is 1.63 bits per heavy atom. The number of amides is 1. The first kappa shape index (κ1) is 21.2. The number of hydrogen-bond acceptors (Lipinski definition) is 4. The van der Waals surface area contributed by atoms with Crippen LogP contribution in [0.15, 0.2) is 65.6 Å². The van der Waals surface area contributed by atoms with Crippen LogP contribution < -0.4 is 10.0 Å². The Hall–Kier alpha value is -3.48. The zero-order valence-corrected chi connectivity index (χ0v) is 16.6. The molecule has 3 aromatic carbocycles. The SMILES string of the molecule is N#Cc1cc(NC(=O)c2cc(S(=O)(=O)Nc3ccc(F)cc3)ccc2Cl)ccc1F. The van der Waals surface area contributed by atoms with Gasteiger partial charge in [0.1, 0.15) is 17.7 Å². The first-order valence-electron chi connectivity index (χ1n) is 8.28. The highest BCUT2D eigenvalue weighted by Gasteiger charge is 2.19. The van der Waals surface area contributed by atoms with Crippen molar-refractivity contribution < 1.29 is 22.0 Å². The molecule has 1 amide bonds. The van der Waals surface area contributed by atoms with Crippen LogP contribution in [0, 0.1) is 23.0 Å². The number of carbonyl (C=O) groups excluding carboxylic acids is 1. The highest BCUT2D eigenvalue weighted by Crippen LogP contribution is 2.24. The van der Waals surface area contributed by atoms with Gasteiger partial charge in [0.25, 0.3) is 15.9 Å². The predicted octanol–water partition coefficient (Wildman–Crippen LogP) is 4.54. The number of hydrogen-bond donors (Lipinski definition) is 2. The van der Waals surface area contributed by atoms with E-state index in [-0.39, 0.29) is 32.4 Å². The number of halogens is 3. The lowest BCUT2D eigenvalue weighted by Crippen LogP contribution is -2.16. The predicted molar refractivity (Wildman–Crippen MR) is 108 cm³/mol. The molecule has 6 nitrogen and oxygen atoms in total. The average Bonchev–Trinajstić information content (AvgIpc) is 2.71. The summed E-state index contributed by atoms with van der Waals surface area (Å²) >= 11 is 6.04. The molecule has 30 heavy (non-hydrogen) atoms. The Morgan fingerprint density at radius 3 is 2.30 bits per heavy atom. The van der Waals surface area contributed by atoms with Gasteiger partial charge in [-0.1, -0.05) is 11.6 Å². The van der Waals surface area contributed by atoms with Crippen LogP contribution in [-0.4, -0.2) is 14.3 Å². The standard InChI is InChI=1S/C20H12ClF2N3O3S/c21-18-7-6-16(30(28,29)26-14-3-1-13(22)2-4-14)10-17(18)20(27)25-15-5-8-19(23)12(9-15)11-24/h1-10,26H,(H,25,27). The summed E-state index contributed by atoms with van der Waals surface area (Å²) in [5.41, 5.74) is -0.153. The van der Waals surface area contributed by atoms with Crippen molar-refractivity contribution in [2.24, 2.45) is 0 Å². The van der Waals surface area contributed by atoms with Crippen molar-refractivity contribution >= 4 is 38.9 Å². The van der Waals surface area contributed by atoms with E-state index in [2.05, 4.69) is 10.0 Å². The lowest BCUT2D eigenvalue weighted by molar-refractivity contribution is 0.102.